The van der Waals surface area contributed by atoms with Gasteiger partial charge in [-0.05, 0) is 0 Å². The second kappa shape index (κ2) is 7.53. The average molecular weight is 189 g/mol. The van der Waals surface area contributed by atoms with E-state index in [4.69, 9.17) is 10.5 Å². The predicted molar refractivity (Wildman–Crippen MR) is 47.7 cm³/mol. The zero-order valence-electron chi connectivity index (χ0n) is 7.32. The maximum atomic E-state index is 10.2. The van der Waals surface area contributed by atoms with Crippen molar-refractivity contribution in [1.29, 1.82) is 0 Å². The van der Waals surface area contributed by atoms with Crippen molar-refractivity contribution in [3.63, 3.8) is 0 Å². The standard InChI is InChI=1S/C7H15N3O3/c1-2-3-13-5-6(11)4-9-10-7(8)12/h2,6,9,11H,1,3-5H2,(H3,8,10,12)/t6-/m1/s1. The van der Waals surface area contributed by atoms with E-state index >= 15 is 0 Å². The van der Waals surface area contributed by atoms with Crippen LogP contribution in [0.4, 0.5) is 4.79 Å². The molecule has 0 aromatic carbocycles. The molecule has 0 saturated heterocycles. The van der Waals surface area contributed by atoms with E-state index in [1.165, 1.54) is 0 Å². The molecule has 0 aliphatic carbocycles. The third kappa shape index (κ3) is 8.80. The summed E-state index contributed by atoms with van der Waals surface area (Å²) in [7, 11) is 0. The molecule has 76 valence electrons. The largest absolute Gasteiger partial charge is 0.389 e. The molecule has 1 atom stereocenters. The van der Waals surface area contributed by atoms with Crippen LogP contribution in [-0.4, -0.2) is 37.0 Å². The van der Waals surface area contributed by atoms with Crippen molar-refractivity contribution in [2.24, 2.45) is 5.73 Å². The van der Waals surface area contributed by atoms with Crippen molar-refractivity contribution in [2.45, 2.75) is 6.10 Å². The van der Waals surface area contributed by atoms with Crippen molar-refractivity contribution >= 4 is 6.03 Å². The zero-order chi connectivity index (χ0) is 10.1. The SMILES string of the molecule is C=CCOC[C@H](O)CNNC(N)=O. The highest BCUT2D eigenvalue weighted by molar-refractivity contribution is 5.70. The summed E-state index contributed by atoms with van der Waals surface area (Å²) in [6.07, 6.45) is 0.897. The fourth-order valence-electron chi connectivity index (χ4n) is 0.602. The number of ether oxygens (including phenoxy) is 1. The van der Waals surface area contributed by atoms with Crippen molar-refractivity contribution in [3.05, 3.63) is 12.7 Å². The van der Waals surface area contributed by atoms with Gasteiger partial charge in [0, 0.05) is 6.54 Å². The van der Waals surface area contributed by atoms with Gasteiger partial charge in [0.2, 0.25) is 0 Å². The number of hydrogen-bond donors (Lipinski definition) is 4. The second-order valence-electron chi connectivity index (χ2n) is 2.35. The third-order valence-electron chi connectivity index (χ3n) is 1.10. The molecule has 5 N–H and O–H groups in total. The number of urea groups is 1. The van der Waals surface area contributed by atoms with Crippen LogP contribution in [0, 0.1) is 0 Å². The minimum absolute atomic E-state index is 0.180. The van der Waals surface area contributed by atoms with E-state index in [-0.39, 0.29) is 13.2 Å². The van der Waals surface area contributed by atoms with E-state index in [9.17, 15) is 9.90 Å². The highest BCUT2D eigenvalue weighted by Gasteiger charge is 2.02. The number of hydrogen-bond acceptors (Lipinski definition) is 4. The van der Waals surface area contributed by atoms with Crippen molar-refractivity contribution in [2.75, 3.05) is 19.8 Å². The van der Waals surface area contributed by atoms with Gasteiger partial charge in [-0.2, -0.15) is 0 Å². The number of aliphatic hydroxyl groups is 1. The number of carbonyl (C=O) groups excluding carboxylic acids is 1. The summed E-state index contributed by atoms with van der Waals surface area (Å²) in [6, 6.07) is -0.695. The Morgan fingerprint density at radius 3 is 3.00 bits per heavy atom. The number of nitrogens with one attached hydrogen (secondary N) is 2. The Bertz CT molecular complexity index is 163. The van der Waals surface area contributed by atoms with Crippen LogP contribution < -0.4 is 16.6 Å². The second-order valence-corrected chi connectivity index (χ2v) is 2.35. The first-order valence-corrected chi connectivity index (χ1v) is 3.81. The van der Waals surface area contributed by atoms with Crippen LogP contribution in [0.1, 0.15) is 0 Å². The molecule has 0 spiro atoms. The van der Waals surface area contributed by atoms with Gasteiger partial charge in [-0.3, -0.25) is 5.43 Å². The van der Waals surface area contributed by atoms with Gasteiger partial charge in [0.15, 0.2) is 0 Å². The number of carbonyl (C=O) groups is 1. The molecule has 6 heteroatoms. The zero-order valence-corrected chi connectivity index (χ0v) is 7.32. The molecule has 0 rings (SSSR count). The quantitative estimate of drug-likeness (QED) is 0.228. The highest BCUT2D eigenvalue weighted by atomic mass is 16.5. The number of rotatable bonds is 7. The van der Waals surface area contributed by atoms with Gasteiger partial charge in [-0.1, -0.05) is 6.08 Å². The lowest BCUT2D eigenvalue weighted by Crippen LogP contribution is -2.45. The van der Waals surface area contributed by atoms with Gasteiger partial charge in [0.1, 0.15) is 0 Å². The Balaban J connectivity index is 3.24. The fourth-order valence-corrected chi connectivity index (χ4v) is 0.602. The molecule has 0 aromatic heterocycles. The third-order valence-corrected chi connectivity index (χ3v) is 1.10. The molecule has 0 aromatic rings. The van der Waals surface area contributed by atoms with E-state index in [0.29, 0.717) is 6.61 Å². The van der Waals surface area contributed by atoms with Crippen LogP contribution in [0.15, 0.2) is 12.7 Å². The van der Waals surface area contributed by atoms with Gasteiger partial charge in [-0.15, -0.1) is 6.58 Å². The molecule has 0 bridgehead atoms. The smallest absolute Gasteiger partial charge is 0.326 e. The summed E-state index contributed by atoms with van der Waals surface area (Å²) in [4.78, 5) is 10.2. The predicted octanol–water partition coefficient (Wildman–Crippen LogP) is -1.28. The van der Waals surface area contributed by atoms with Crippen molar-refractivity contribution < 1.29 is 14.6 Å². The normalized spacial score (nSPS) is 12.1. The monoisotopic (exact) mass is 189 g/mol. The van der Waals surface area contributed by atoms with Crippen LogP contribution in [0.25, 0.3) is 0 Å². The molecule has 0 fully saturated rings. The van der Waals surface area contributed by atoms with E-state index in [1.54, 1.807) is 6.08 Å². The molecule has 0 radical (unpaired) electrons. The minimum Gasteiger partial charge on any atom is -0.389 e. The van der Waals surface area contributed by atoms with Crippen LogP contribution in [0.3, 0.4) is 0 Å². The summed E-state index contributed by atoms with van der Waals surface area (Å²) in [5, 5.41) is 9.17. The Morgan fingerprint density at radius 2 is 2.46 bits per heavy atom. The van der Waals surface area contributed by atoms with Crippen LogP contribution in [0.2, 0.25) is 0 Å². The summed E-state index contributed by atoms with van der Waals surface area (Å²) in [5.74, 6) is 0. The Hall–Kier alpha value is -1.11. The highest BCUT2D eigenvalue weighted by Crippen LogP contribution is 1.83. The van der Waals surface area contributed by atoms with Crippen LogP contribution in [-0.2, 0) is 4.74 Å². The molecule has 13 heavy (non-hydrogen) atoms. The maximum Gasteiger partial charge on any atom is 0.326 e. The Kier molecular flexibility index (Phi) is 6.89. The van der Waals surface area contributed by atoms with Crippen molar-refractivity contribution in [1.82, 2.24) is 10.9 Å². The molecular weight excluding hydrogens is 174 g/mol. The minimum atomic E-state index is -0.695. The van der Waals surface area contributed by atoms with Crippen LogP contribution >= 0.6 is 0 Å². The fraction of sp³-hybridized carbons (Fsp3) is 0.571. The molecule has 2 amide bonds. The lowest BCUT2D eigenvalue weighted by Gasteiger charge is -2.11. The first kappa shape index (κ1) is 11.9. The number of nitrogens with two attached hydrogens (primary N) is 1. The summed E-state index contributed by atoms with van der Waals surface area (Å²) in [5.41, 5.74) is 9.31. The first-order valence-electron chi connectivity index (χ1n) is 3.81. The summed E-state index contributed by atoms with van der Waals surface area (Å²) < 4.78 is 4.95. The van der Waals surface area contributed by atoms with Gasteiger partial charge < -0.3 is 15.6 Å². The van der Waals surface area contributed by atoms with Crippen molar-refractivity contribution in [3.8, 4) is 0 Å². The number of primary amides is 1. The molecule has 0 saturated carbocycles. The van der Waals surface area contributed by atoms with E-state index in [0.717, 1.165) is 0 Å². The Labute approximate surface area is 76.7 Å². The van der Waals surface area contributed by atoms with Gasteiger partial charge in [0.05, 0.1) is 19.3 Å². The van der Waals surface area contributed by atoms with E-state index in [1.807, 2.05) is 0 Å². The number of amides is 2. The number of hydrazine groups is 1. The molecule has 0 aliphatic rings. The van der Waals surface area contributed by atoms with E-state index in [2.05, 4.69) is 17.4 Å². The van der Waals surface area contributed by atoms with Crippen LogP contribution in [0.5, 0.6) is 0 Å². The summed E-state index contributed by atoms with van der Waals surface area (Å²) in [6.45, 7) is 4.20. The lowest BCUT2D eigenvalue weighted by atomic mass is 10.4. The molecular formula is C7H15N3O3. The van der Waals surface area contributed by atoms with Gasteiger partial charge >= 0.3 is 6.03 Å². The topological polar surface area (TPSA) is 96.6 Å². The molecule has 0 unspecified atom stereocenters. The molecule has 0 aliphatic heterocycles. The first-order chi connectivity index (χ1) is 6.16. The van der Waals surface area contributed by atoms with Gasteiger partial charge in [0.25, 0.3) is 0 Å². The molecule has 6 nitrogen and oxygen atoms in total. The maximum absolute atomic E-state index is 10.2. The average Bonchev–Trinajstić information content (AvgIpc) is 2.04. The lowest BCUT2D eigenvalue weighted by molar-refractivity contribution is 0.0482. The van der Waals surface area contributed by atoms with Gasteiger partial charge in [-0.25, -0.2) is 10.2 Å². The number of aliphatic hydroxyl groups excluding tert-OH is 1. The summed E-state index contributed by atoms with van der Waals surface area (Å²) >= 11 is 0. The van der Waals surface area contributed by atoms with E-state index < -0.39 is 12.1 Å². The molecule has 0 heterocycles. The Morgan fingerprint density at radius 1 is 1.77 bits per heavy atom.